The van der Waals surface area contributed by atoms with Gasteiger partial charge in [0.1, 0.15) is 5.75 Å². The fourth-order valence-corrected chi connectivity index (χ4v) is 2.44. The van der Waals surface area contributed by atoms with E-state index in [-0.39, 0.29) is 5.91 Å². The van der Waals surface area contributed by atoms with Gasteiger partial charge in [-0.2, -0.15) is 0 Å². The van der Waals surface area contributed by atoms with Crippen LogP contribution < -0.4 is 10.1 Å². The van der Waals surface area contributed by atoms with Crippen molar-refractivity contribution in [3.63, 3.8) is 0 Å². The van der Waals surface area contributed by atoms with Gasteiger partial charge in [0.2, 0.25) is 6.10 Å². The maximum absolute atomic E-state index is 12.3. The van der Waals surface area contributed by atoms with Gasteiger partial charge < -0.3 is 14.9 Å². The summed E-state index contributed by atoms with van der Waals surface area (Å²) in [7, 11) is 1.60. The zero-order chi connectivity index (χ0) is 16.2. The molecule has 1 heterocycles. The third-order valence-electron chi connectivity index (χ3n) is 3.49. The molecule has 0 radical (unpaired) electrons. The lowest BCUT2D eigenvalue weighted by molar-refractivity contribution is -0.125. The van der Waals surface area contributed by atoms with Crippen LogP contribution in [0, 0.1) is 0 Å². The van der Waals surface area contributed by atoms with Gasteiger partial charge in [-0.25, -0.2) is 0 Å². The van der Waals surface area contributed by atoms with Crippen molar-refractivity contribution in [1.82, 2.24) is 0 Å². The van der Waals surface area contributed by atoms with Crippen molar-refractivity contribution >= 4 is 28.9 Å². The summed E-state index contributed by atoms with van der Waals surface area (Å²) in [5.41, 5.74) is 2.18. The van der Waals surface area contributed by atoms with E-state index in [0.29, 0.717) is 28.6 Å². The lowest BCUT2D eigenvalue weighted by Gasteiger charge is -2.10. The van der Waals surface area contributed by atoms with Crippen LogP contribution in [0.25, 0.3) is 0 Å². The summed E-state index contributed by atoms with van der Waals surface area (Å²) in [4.78, 5) is 17.5. The minimum Gasteiger partial charge on any atom is -0.496 e. The van der Waals surface area contributed by atoms with Gasteiger partial charge in [-0.05, 0) is 36.4 Å². The van der Waals surface area contributed by atoms with E-state index in [0.717, 1.165) is 5.56 Å². The number of methoxy groups -OCH3 is 1. The maximum Gasteiger partial charge on any atom is 0.268 e. The quantitative estimate of drug-likeness (QED) is 0.933. The third-order valence-corrected chi connectivity index (χ3v) is 3.74. The van der Waals surface area contributed by atoms with Crippen LogP contribution >= 0.6 is 11.6 Å². The topological polar surface area (TPSA) is 59.9 Å². The molecule has 0 aliphatic carbocycles. The standard InChI is InChI=1S/C17H15ClN2O3/c1-22-15-5-3-2-4-13(15)14-10-16(23-20-14)17(21)19-12-8-6-11(18)7-9-12/h2-9,16H,10H2,1H3,(H,19,21). The van der Waals surface area contributed by atoms with Crippen molar-refractivity contribution in [2.75, 3.05) is 12.4 Å². The normalized spacial score (nSPS) is 16.4. The largest absolute Gasteiger partial charge is 0.496 e. The van der Waals surface area contributed by atoms with Crippen molar-refractivity contribution in [2.45, 2.75) is 12.5 Å². The molecule has 1 atom stereocenters. The van der Waals surface area contributed by atoms with Gasteiger partial charge in [-0.1, -0.05) is 28.9 Å². The molecule has 6 heteroatoms. The van der Waals surface area contributed by atoms with Crippen molar-refractivity contribution in [3.8, 4) is 5.75 Å². The molecule has 1 unspecified atom stereocenters. The van der Waals surface area contributed by atoms with Gasteiger partial charge in [-0.15, -0.1) is 0 Å². The molecule has 23 heavy (non-hydrogen) atoms. The van der Waals surface area contributed by atoms with Crippen molar-refractivity contribution in [2.24, 2.45) is 5.16 Å². The summed E-state index contributed by atoms with van der Waals surface area (Å²) in [5, 5.41) is 7.42. The maximum atomic E-state index is 12.3. The first-order chi connectivity index (χ1) is 11.2. The van der Waals surface area contributed by atoms with E-state index in [1.807, 2.05) is 24.3 Å². The molecule has 2 aromatic carbocycles. The Morgan fingerprint density at radius 2 is 2.00 bits per heavy atom. The third kappa shape index (κ3) is 3.46. The van der Waals surface area contributed by atoms with Crippen LogP contribution in [0.1, 0.15) is 12.0 Å². The minimum absolute atomic E-state index is 0.249. The molecule has 1 N–H and O–H groups in total. The number of halogens is 1. The Kier molecular flexibility index (Phi) is 4.48. The number of hydrogen-bond donors (Lipinski definition) is 1. The van der Waals surface area contributed by atoms with Crippen molar-refractivity contribution in [1.29, 1.82) is 0 Å². The molecule has 1 aliphatic rings. The number of para-hydroxylation sites is 1. The number of nitrogens with zero attached hydrogens (tertiary/aromatic N) is 1. The highest BCUT2D eigenvalue weighted by atomic mass is 35.5. The SMILES string of the molecule is COc1ccccc1C1=NOC(C(=O)Nc2ccc(Cl)cc2)C1. The predicted molar refractivity (Wildman–Crippen MR) is 89.1 cm³/mol. The van der Waals surface area contributed by atoms with E-state index in [4.69, 9.17) is 21.2 Å². The monoisotopic (exact) mass is 330 g/mol. The fourth-order valence-electron chi connectivity index (χ4n) is 2.32. The van der Waals surface area contributed by atoms with Gasteiger partial charge >= 0.3 is 0 Å². The van der Waals surface area contributed by atoms with Crippen LogP contribution in [-0.4, -0.2) is 24.8 Å². The molecule has 2 aromatic rings. The Hall–Kier alpha value is -2.53. The average Bonchev–Trinajstić information content (AvgIpc) is 3.07. The first-order valence-electron chi connectivity index (χ1n) is 7.10. The van der Waals surface area contributed by atoms with Gasteiger partial charge in [-0.3, -0.25) is 4.79 Å². The van der Waals surface area contributed by atoms with E-state index in [9.17, 15) is 4.79 Å². The summed E-state index contributed by atoms with van der Waals surface area (Å²) >= 11 is 5.82. The van der Waals surface area contributed by atoms with E-state index in [1.165, 1.54) is 0 Å². The second kappa shape index (κ2) is 6.71. The highest BCUT2D eigenvalue weighted by molar-refractivity contribution is 6.30. The number of anilines is 1. The lowest BCUT2D eigenvalue weighted by atomic mass is 10.0. The summed E-state index contributed by atoms with van der Waals surface area (Å²) in [6.45, 7) is 0. The van der Waals surface area contributed by atoms with Gasteiger partial charge in [0.15, 0.2) is 0 Å². The van der Waals surface area contributed by atoms with Crippen LogP contribution in [0.15, 0.2) is 53.7 Å². The number of rotatable bonds is 4. The van der Waals surface area contributed by atoms with Crippen LogP contribution in [0.3, 0.4) is 0 Å². The molecular formula is C17H15ClN2O3. The molecule has 0 fully saturated rings. The number of amides is 1. The van der Waals surface area contributed by atoms with E-state index < -0.39 is 6.10 Å². The Balaban J connectivity index is 1.66. The van der Waals surface area contributed by atoms with Crippen LogP contribution in [-0.2, 0) is 9.63 Å². The Bertz CT molecular complexity index is 744. The lowest BCUT2D eigenvalue weighted by Crippen LogP contribution is -2.28. The summed E-state index contributed by atoms with van der Waals surface area (Å²) in [5.74, 6) is 0.453. The molecule has 0 bridgehead atoms. The predicted octanol–water partition coefficient (Wildman–Crippen LogP) is 3.48. The number of carbonyl (C=O) groups excluding carboxylic acids is 1. The summed E-state index contributed by atoms with van der Waals surface area (Å²) in [6, 6.07) is 14.4. The van der Waals surface area contributed by atoms with E-state index in [2.05, 4.69) is 10.5 Å². The highest BCUT2D eigenvalue weighted by Crippen LogP contribution is 2.25. The van der Waals surface area contributed by atoms with Crippen LogP contribution in [0.2, 0.25) is 5.02 Å². The molecule has 1 aliphatic heterocycles. The zero-order valence-electron chi connectivity index (χ0n) is 12.5. The van der Waals surface area contributed by atoms with Gasteiger partial charge in [0.05, 0.1) is 12.8 Å². The number of nitrogens with one attached hydrogen (secondary N) is 1. The molecule has 0 saturated heterocycles. The van der Waals surface area contributed by atoms with Crippen molar-refractivity contribution < 1.29 is 14.4 Å². The van der Waals surface area contributed by atoms with Crippen molar-refractivity contribution in [3.05, 3.63) is 59.1 Å². The van der Waals surface area contributed by atoms with Gasteiger partial charge in [0, 0.05) is 22.7 Å². The van der Waals surface area contributed by atoms with Crippen LogP contribution in [0.4, 0.5) is 5.69 Å². The van der Waals surface area contributed by atoms with E-state index >= 15 is 0 Å². The summed E-state index contributed by atoms with van der Waals surface area (Å²) < 4.78 is 5.31. The second-order valence-electron chi connectivity index (χ2n) is 5.03. The molecule has 118 valence electrons. The number of benzene rings is 2. The second-order valence-corrected chi connectivity index (χ2v) is 5.47. The smallest absolute Gasteiger partial charge is 0.268 e. The number of oxime groups is 1. The fraction of sp³-hybridized carbons (Fsp3) is 0.176. The average molecular weight is 331 g/mol. The molecule has 0 saturated carbocycles. The molecule has 0 aromatic heterocycles. The zero-order valence-corrected chi connectivity index (χ0v) is 13.2. The minimum atomic E-state index is -0.661. The van der Waals surface area contributed by atoms with Gasteiger partial charge in [0.25, 0.3) is 5.91 Å². The molecular weight excluding hydrogens is 316 g/mol. The first kappa shape index (κ1) is 15.4. The number of hydrogen-bond acceptors (Lipinski definition) is 4. The molecule has 5 nitrogen and oxygen atoms in total. The first-order valence-corrected chi connectivity index (χ1v) is 7.47. The Morgan fingerprint density at radius 3 is 2.74 bits per heavy atom. The highest BCUT2D eigenvalue weighted by Gasteiger charge is 2.30. The number of ether oxygens (including phenoxy) is 1. The number of carbonyl (C=O) groups is 1. The molecule has 3 rings (SSSR count). The van der Waals surface area contributed by atoms with Crippen LogP contribution in [0.5, 0.6) is 5.75 Å². The Labute approximate surface area is 138 Å². The Morgan fingerprint density at radius 1 is 1.26 bits per heavy atom. The summed E-state index contributed by atoms with van der Waals surface area (Å²) in [6.07, 6.45) is -0.273. The molecule has 1 amide bonds. The van der Waals surface area contributed by atoms with E-state index in [1.54, 1.807) is 31.4 Å². The molecule has 0 spiro atoms.